The van der Waals surface area contributed by atoms with Crippen molar-refractivity contribution in [2.24, 2.45) is 4.99 Å². The molecule has 0 bridgehead atoms. The van der Waals surface area contributed by atoms with E-state index in [4.69, 9.17) is 5.11 Å². The summed E-state index contributed by atoms with van der Waals surface area (Å²) in [4.78, 5) is 22.5. The Kier molecular flexibility index (Phi) is 3.01. The van der Waals surface area contributed by atoms with Crippen molar-refractivity contribution in [3.05, 3.63) is 59.7 Å². The van der Waals surface area contributed by atoms with E-state index in [0.717, 1.165) is 11.0 Å². The molecule has 1 heterocycles. The van der Waals surface area contributed by atoms with Crippen LogP contribution < -0.4 is 0 Å². The van der Waals surface area contributed by atoms with Crippen LogP contribution in [-0.2, 0) is 0 Å². The number of benzene rings is 2. The van der Waals surface area contributed by atoms with Gasteiger partial charge in [0.1, 0.15) is 0 Å². The van der Waals surface area contributed by atoms with Gasteiger partial charge in [-0.05, 0) is 29.8 Å². The summed E-state index contributed by atoms with van der Waals surface area (Å²) in [5, 5.41) is 8.93. The minimum Gasteiger partial charge on any atom is -0.478 e. The van der Waals surface area contributed by atoms with Crippen molar-refractivity contribution >= 4 is 29.2 Å². The second-order valence-corrected chi connectivity index (χ2v) is 4.27. The molecule has 0 aliphatic carbocycles. The third kappa shape index (κ3) is 2.42. The maximum atomic E-state index is 10.9. The highest BCUT2D eigenvalue weighted by molar-refractivity contribution is 5.91. The molecule has 3 rings (SSSR count). The van der Waals surface area contributed by atoms with E-state index >= 15 is 0 Å². The van der Waals surface area contributed by atoms with Crippen molar-refractivity contribution in [2.75, 3.05) is 0 Å². The van der Waals surface area contributed by atoms with E-state index in [9.17, 15) is 4.79 Å². The third-order valence-corrected chi connectivity index (χ3v) is 2.85. The van der Waals surface area contributed by atoms with Crippen LogP contribution in [0.25, 0.3) is 11.0 Å². The molecule has 0 amide bonds. The standard InChI is InChI=1S/C15H11N3O2/c19-14(20)11-5-3-4-10(8-11)9-16-15-17-12-6-1-2-7-13(12)18-15/h1-9H,(H,17,18)(H,19,20)/b16-9+. The van der Waals surface area contributed by atoms with Crippen molar-refractivity contribution < 1.29 is 9.90 Å². The number of aromatic carboxylic acids is 1. The van der Waals surface area contributed by atoms with Crippen LogP contribution in [0, 0.1) is 0 Å². The quantitative estimate of drug-likeness (QED) is 0.714. The van der Waals surface area contributed by atoms with E-state index in [2.05, 4.69) is 15.0 Å². The van der Waals surface area contributed by atoms with Crippen LogP contribution in [0.15, 0.2) is 53.5 Å². The normalized spacial score (nSPS) is 11.2. The lowest BCUT2D eigenvalue weighted by atomic mass is 10.1. The summed E-state index contributed by atoms with van der Waals surface area (Å²) in [6.45, 7) is 0. The molecule has 0 saturated carbocycles. The molecule has 5 heteroatoms. The summed E-state index contributed by atoms with van der Waals surface area (Å²) < 4.78 is 0. The number of aromatic nitrogens is 2. The van der Waals surface area contributed by atoms with Crippen molar-refractivity contribution in [3.8, 4) is 0 Å². The lowest BCUT2D eigenvalue weighted by molar-refractivity contribution is 0.0697. The monoisotopic (exact) mass is 265 g/mol. The molecule has 0 aliphatic rings. The molecule has 98 valence electrons. The van der Waals surface area contributed by atoms with Gasteiger partial charge in [0.05, 0.1) is 16.6 Å². The molecule has 5 nitrogen and oxygen atoms in total. The van der Waals surface area contributed by atoms with Crippen LogP contribution >= 0.6 is 0 Å². The van der Waals surface area contributed by atoms with Gasteiger partial charge in [0.15, 0.2) is 0 Å². The minimum atomic E-state index is -0.955. The number of para-hydroxylation sites is 2. The summed E-state index contributed by atoms with van der Waals surface area (Å²) in [5.74, 6) is -0.462. The van der Waals surface area contributed by atoms with Gasteiger partial charge in [-0.3, -0.25) is 0 Å². The van der Waals surface area contributed by atoms with Gasteiger partial charge in [-0.2, -0.15) is 0 Å². The Labute approximate surface area is 114 Å². The smallest absolute Gasteiger partial charge is 0.335 e. The maximum absolute atomic E-state index is 10.9. The zero-order chi connectivity index (χ0) is 13.9. The SMILES string of the molecule is O=C(O)c1cccc(/C=N/c2nc3ccccc3[nH]2)c1. The fourth-order valence-electron chi connectivity index (χ4n) is 1.89. The van der Waals surface area contributed by atoms with Crippen LogP contribution in [0.1, 0.15) is 15.9 Å². The first-order valence-corrected chi connectivity index (χ1v) is 6.04. The van der Waals surface area contributed by atoms with Gasteiger partial charge >= 0.3 is 5.97 Å². The molecule has 0 aliphatic heterocycles. The molecule has 0 spiro atoms. The van der Waals surface area contributed by atoms with Gasteiger partial charge in [0, 0.05) is 6.21 Å². The first-order valence-electron chi connectivity index (χ1n) is 6.04. The van der Waals surface area contributed by atoms with Crippen molar-refractivity contribution in [3.63, 3.8) is 0 Å². The average Bonchev–Trinajstić information content (AvgIpc) is 2.88. The number of hydrogen-bond acceptors (Lipinski definition) is 3. The predicted molar refractivity (Wildman–Crippen MR) is 76.7 cm³/mol. The summed E-state index contributed by atoms with van der Waals surface area (Å²) in [6, 6.07) is 14.2. The zero-order valence-electron chi connectivity index (χ0n) is 10.4. The number of hydrogen-bond donors (Lipinski definition) is 2. The number of aromatic amines is 1. The van der Waals surface area contributed by atoms with Crippen molar-refractivity contribution in [1.29, 1.82) is 0 Å². The first-order chi connectivity index (χ1) is 9.72. The molecule has 20 heavy (non-hydrogen) atoms. The Hall–Kier alpha value is -2.95. The average molecular weight is 265 g/mol. The fraction of sp³-hybridized carbons (Fsp3) is 0. The molecule has 0 radical (unpaired) electrons. The fourth-order valence-corrected chi connectivity index (χ4v) is 1.89. The molecule has 0 unspecified atom stereocenters. The number of H-pyrrole nitrogens is 1. The second-order valence-electron chi connectivity index (χ2n) is 4.27. The number of aliphatic imine (C=N–C) groups is 1. The zero-order valence-corrected chi connectivity index (χ0v) is 10.4. The predicted octanol–water partition coefficient (Wildman–Crippen LogP) is 3.01. The molecule has 1 aromatic heterocycles. The van der Waals surface area contributed by atoms with Crippen LogP contribution in [0.2, 0.25) is 0 Å². The molecule has 0 atom stereocenters. The number of imidazole rings is 1. The van der Waals surface area contributed by atoms with Gasteiger partial charge in [-0.1, -0.05) is 24.3 Å². The Morgan fingerprint density at radius 3 is 2.85 bits per heavy atom. The number of fused-ring (bicyclic) bond motifs is 1. The second kappa shape index (κ2) is 4.97. The van der Waals surface area contributed by atoms with Crippen LogP contribution in [0.5, 0.6) is 0 Å². The lowest BCUT2D eigenvalue weighted by Gasteiger charge is -1.95. The van der Waals surface area contributed by atoms with Gasteiger partial charge in [0.2, 0.25) is 5.95 Å². The highest BCUT2D eigenvalue weighted by Crippen LogP contribution is 2.15. The molecule has 3 aromatic rings. The molecule has 0 fully saturated rings. The minimum absolute atomic E-state index is 0.235. The van der Waals surface area contributed by atoms with Gasteiger partial charge in [-0.15, -0.1) is 0 Å². The molecular formula is C15H11N3O2. The molecular weight excluding hydrogens is 254 g/mol. The molecule has 2 N–H and O–H groups in total. The topological polar surface area (TPSA) is 78.3 Å². The summed E-state index contributed by atoms with van der Waals surface area (Å²) in [7, 11) is 0. The van der Waals surface area contributed by atoms with Crippen LogP contribution in [0.3, 0.4) is 0 Å². The lowest BCUT2D eigenvalue weighted by Crippen LogP contribution is -1.96. The van der Waals surface area contributed by atoms with Gasteiger partial charge in [-0.25, -0.2) is 14.8 Å². The van der Waals surface area contributed by atoms with E-state index in [1.807, 2.05) is 24.3 Å². The third-order valence-electron chi connectivity index (χ3n) is 2.85. The Morgan fingerprint density at radius 2 is 2.05 bits per heavy atom. The summed E-state index contributed by atoms with van der Waals surface area (Å²) in [5.41, 5.74) is 2.71. The summed E-state index contributed by atoms with van der Waals surface area (Å²) >= 11 is 0. The number of carboxylic acids is 1. The Balaban J connectivity index is 1.89. The molecule has 0 saturated heterocycles. The Bertz CT molecular complexity index is 772. The number of nitrogens with zero attached hydrogens (tertiary/aromatic N) is 2. The van der Waals surface area contributed by atoms with E-state index in [1.165, 1.54) is 0 Å². The number of rotatable bonds is 3. The highest BCUT2D eigenvalue weighted by Gasteiger charge is 2.02. The highest BCUT2D eigenvalue weighted by atomic mass is 16.4. The van der Waals surface area contributed by atoms with Crippen LogP contribution in [-0.4, -0.2) is 27.3 Å². The van der Waals surface area contributed by atoms with Gasteiger partial charge < -0.3 is 10.1 Å². The van der Waals surface area contributed by atoms with E-state index in [-0.39, 0.29) is 5.56 Å². The van der Waals surface area contributed by atoms with E-state index < -0.39 is 5.97 Å². The largest absolute Gasteiger partial charge is 0.478 e. The maximum Gasteiger partial charge on any atom is 0.335 e. The van der Waals surface area contributed by atoms with Crippen molar-refractivity contribution in [1.82, 2.24) is 9.97 Å². The van der Waals surface area contributed by atoms with E-state index in [0.29, 0.717) is 11.5 Å². The van der Waals surface area contributed by atoms with E-state index in [1.54, 1.807) is 30.5 Å². The number of nitrogens with one attached hydrogen (secondary N) is 1. The van der Waals surface area contributed by atoms with Crippen molar-refractivity contribution in [2.45, 2.75) is 0 Å². The molecule has 2 aromatic carbocycles. The first kappa shape index (κ1) is 12.1. The number of carboxylic acid groups (broad SMARTS) is 1. The summed E-state index contributed by atoms with van der Waals surface area (Å²) in [6.07, 6.45) is 1.59. The van der Waals surface area contributed by atoms with Gasteiger partial charge in [0.25, 0.3) is 0 Å². The number of carbonyl (C=O) groups is 1. The Morgan fingerprint density at radius 1 is 1.20 bits per heavy atom. The van der Waals surface area contributed by atoms with Crippen LogP contribution in [0.4, 0.5) is 5.95 Å².